The first-order valence-corrected chi connectivity index (χ1v) is 5.69. The fraction of sp³-hybridized carbons (Fsp3) is 0.385. The lowest BCUT2D eigenvalue weighted by Gasteiger charge is -2.16. The molecule has 5 heteroatoms. The van der Waals surface area contributed by atoms with Gasteiger partial charge in [0.25, 0.3) is 0 Å². The minimum atomic E-state index is -1.92. The van der Waals surface area contributed by atoms with Crippen LogP contribution in [0.3, 0.4) is 0 Å². The van der Waals surface area contributed by atoms with Gasteiger partial charge < -0.3 is 9.64 Å². The molecule has 1 unspecified atom stereocenters. The molecule has 1 amide bonds. The quantitative estimate of drug-likeness (QED) is 0.806. The van der Waals surface area contributed by atoms with Gasteiger partial charge in [0.1, 0.15) is 12.7 Å². The number of likely N-dealkylation sites (tertiary alicyclic amines) is 1. The van der Waals surface area contributed by atoms with Crippen LogP contribution in [0.15, 0.2) is 30.3 Å². The van der Waals surface area contributed by atoms with Crippen molar-refractivity contribution in [2.45, 2.75) is 18.7 Å². The Morgan fingerprint density at radius 1 is 1.50 bits per heavy atom. The number of nitriles is 1. The van der Waals surface area contributed by atoms with Crippen molar-refractivity contribution in [3.8, 4) is 6.07 Å². The minimum absolute atomic E-state index is 0.0456. The summed E-state index contributed by atoms with van der Waals surface area (Å²) >= 11 is 0. The Bertz CT molecular complexity index is 472. The number of benzene rings is 1. The van der Waals surface area contributed by atoms with Crippen molar-refractivity contribution >= 4 is 6.09 Å². The van der Waals surface area contributed by atoms with Gasteiger partial charge in [0.2, 0.25) is 5.67 Å². The highest BCUT2D eigenvalue weighted by molar-refractivity contribution is 5.68. The van der Waals surface area contributed by atoms with E-state index in [0.29, 0.717) is 0 Å². The van der Waals surface area contributed by atoms with Crippen molar-refractivity contribution < 1.29 is 13.9 Å². The Balaban J connectivity index is 1.85. The van der Waals surface area contributed by atoms with E-state index in [2.05, 4.69) is 0 Å². The maximum Gasteiger partial charge on any atom is 0.410 e. The third-order valence-corrected chi connectivity index (χ3v) is 2.88. The molecule has 0 aliphatic carbocycles. The van der Waals surface area contributed by atoms with E-state index in [-0.39, 0.29) is 26.1 Å². The molecule has 4 nitrogen and oxygen atoms in total. The van der Waals surface area contributed by atoms with Crippen LogP contribution in [-0.2, 0) is 11.3 Å². The van der Waals surface area contributed by atoms with Crippen molar-refractivity contribution in [3.05, 3.63) is 35.9 Å². The van der Waals surface area contributed by atoms with Gasteiger partial charge in [-0.15, -0.1) is 0 Å². The maximum atomic E-state index is 13.6. The summed E-state index contributed by atoms with van der Waals surface area (Å²) in [6.07, 6.45) is -0.530. The number of halogens is 1. The van der Waals surface area contributed by atoms with Crippen LogP contribution in [0.1, 0.15) is 12.0 Å². The fourth-order valence-electron chi connectivity index (χ4n) is 1.83. The zero-order chi connectivity index (χ0) is 13.0. The normalized spacial score (nSPS) is 22.6. The van der Waals surface area contributed by atoms with E-state index in [9.17, 15) is 9.18 Å². The monoisotopic (exact) mass is 248 g/mol. The van der Waals surface area contributed by atoms with Gasteiger partial charge in [0, 0.05) is 13.0 Å². The lowest BCUT2D eigenvalue weighted by molar-refractivity contribution is 0.0993. The highest BCUT2D eigenvalue weighted by Gasteiger charge is 2.41. The second-order valence-corrected chi connectivity index (χ2v) is 4.29. The molecule has 1 aliphatic heterocycles. The Labute approximate surface area is 105 Å². The van der Waals surface area contributed by atoms with Crippen molar-refractivity contribution in [1.29, 1.82) is 5.26 Å². The van der Waals surface area contributed by atoms with Crippen LogP contribution in [0.2, 0.25) is 0 Å². The zero-order valence-electron chi connectivity index (χ0n) is 9.80. The molecule has 0 N–H and O–H groups in total. The summed E-state index contributed by atoms with van der Waals surface area (Å²) < 4.78 is 18.7. The van der Waals surface area contributed by atoms with Crippen molar-refractivity contribution in [1.82, 2.24) is 4.90 Å². The van der Waals surface area contributed by atoms with Crippen LogP contribution in [0.25, 0.3) is 0 Å². The molecule has 1 aromatic rings. The molecule has 1 saturated heterocycles. The number of rotatable bonds is 2. The summed E-state index contributed by atoms with van der Waals surface area (Å²) in [4.78, 5) is 12.9. The lowest BCUT2D eigenvalue weighted by Crippen LogP contribution is -2.32. The maximum absolute atomic E-state index is 13.6. The average molecular weight is 248 g/mol. The molecule has 0 aromatic heterocycles. The highest BCUT2D eigenvalue weighted by Crippen LogP contribution is 2.25. The molecule has 0 bridgehead atoms. The summed E-state index contributed by atoms with van der Waals surface area (Å²) in [5.74, 6) is 0. The lowest BCUT2D eigenvalue weighted by atomic mass is 10.1. The number of ether oxygens (including phenoxy) is 1. The van der Waals surface area contributed by atoms with E-state index in [1.54, 1.807) is 6.07 Å². The first-order valence-electron chi connectivity index (χ1n) is 5.69. The van der Waals surface area contributed by atoms with E-state index in [1.165, 1.54) is 4.90 Å². The number of nitrogens with zero attached hydrogens (tertiary/aromatic N) is 2. The van der Waals surface area contributed by atoms with Gasteiger partial charge in [0.15, 0.2) is 0 Å². The first-order chi connectivity index (χ1) is 8.63. The number of amides is 1. The van der Waals surface area contributed by atoms with Gasteiger partial charge >= 0.3 is 6.09 Å². The Morgan fingerprint density at radius 3 is 2.83 bits per heavy atom. The average Bonchev–Trinajstić information content (AvgIpc) is 2.81. The molecule has 0 radical (unpaired) electrons. The van der Waals surface area contributed by atoms with Crippen LogP contribution in [0.4, 0.5) is 9.18 Å². The van der Waals surface area contributed by atoms with Gasteiger partial charge in [-0.3, -0.25) is 0 Å². The first kappa shape index (κ1) is 12.4. The number of alkyl halides is 1. The second kappa shape index (κ2) is 5.05. The molecule has 1 atom stereocenters. The third-order valence-electron chi connectivity index (χ3n) is 2.88. The number of carbonyl (C=O) groups excluding carboxylic acids is 1. The molecule has 94 valence electrons. The molecule has 1 fully saturated rings. The van der Waals surface area contributed by atoms with Crippen LogP contribution in [0, 0.1) is 11.3 Å². The van der Waals surface area contributed by atoms with Crippen molar-refractivity contribution in [3.63, 3.8) is 0 Å². The zero-order valence-corrected chi connectivity index (χ0v) is 9.80. The number of carbonyl (C=O) groups is 1. The molecule has 1 aromatic carbocycles. The molecule has 0 saturated carbocycles. The molecule has 18 heavy (non-hydrogen) atoms. The Hall–Kier alpha value is -2.09. The van der Waals surface area contributed by atoms with Crippen LogP contribution in [0.5, 0.6) is 0 Å². The topological polar surface area (TPSA) is 53.3 Å². The molecule has 0 spiro atoms. The summed E-state index contributed by atoms with van der Waals surface area (Å²) in [7, 11) is 0. The van der Waals surface area contributed by atoms with Gasteiger partial charge in [0.05, 0.1) is 6.54 Å². The Kier molecular flexibility index (Phi) is 3.47. The number of hydrogen-bond acceptors (Lipinski definition) is 3. The van der Waals surface area contributed by atoms with Crippen LogP contribution in [-0.4, -0.2) is 29.8 Å². The van der Waals surface area contributed by atoms with Gasteiger partial charge in [-0.05, 0) is 5.56 Å². The summed E-state index contributed by atoms with van der Waals surface area (Å²) in [5.41, 5.74) is -1.05. The predicted octanol–water partition coefficient (Wildman–Crippen LogP) is 2.26. The molecular weight excluding hydrogens is 235 g/mol. The van der Waals surface area contributed by atoms with Gasteiger partial charge in [-0.1, -0.05) is 30.3 Å². The van der Waals surface area contributed by atoms with Crippen LogP contribution < -0.4 is 0 Å². The third kappa shape index (κ3) is 2.77. The van der Waals surface area contributed by atoms with Gasteiger partial charge in [-0.25, -0.2) is 9.18 Å². The fourth-order valence-corrected chi connectivity index (χ4v) is 1.83. The predicted molar refractivity (Wildman–Crippen MR) is 62.3 cm³/mol. The highest BCUT2D eigenvalue weighted by atomic mass is 19.1. The SMILES string of the molecule is N#CC1(F)CCN(C(=O)OCc2ccccc2)C1. The summed E-state index contributed by atoms with van der Waals surface area (Å²) in [6, 6.07) is 10.8. The largest absolute Gasteiger partial charge is 0.445 e. The smallest absolute Gasteiger partial charge is 0.410 e. The molecule has 1 aliphatic rings. The van der Waals surface area contributed by atoms with E-state index >= 15 is 0 Å². The van der Waals surface area contributed by atoms with Crippen molar-refractivity contribution in [2.24, 2.45) is 0 Å². The van der Waals surface area contributed by atoms with E-state index in [1.807, 2.05) is 30.3 Å². The molecular formula is C13H13FN2O2. The Morgan fingerprint density at radius 2 is 2.22 bits per heavy atom. The van der Waals surface area contributed by atoms with E-state index in [0.717, 1.165) is 5.56 Å². The molecule has 2 rings (SSSR count). The minimum Gasteiger partial charge on any atom is -0.445 e. The summed E-state index contributed by atoms with van der Waals surface area (Å²) in [6.45, 7) is 0.164. The van der Waals surface area contributed by atoms with E-state index < -0.39 is 11.8 Å². The number of hydrogen-bond donors (Lipinski definition) is 0. The van der Waals surface area contributed by atoms with Crippen LogP contribution >= 0.6 is 0 Å². The molecule has 1 heterocycles. The second-order valence-electron chi connectivity index (χ2n) is 4.29. The van der Waals surface area contributed by atoms with Crippen molar-refractivity contribution in [2.75, 3.05) is 13.1 Å². The van der Waals surface area contributed by atoms with E-state index in [4.69, 9.17) is 10.00 Å². The van der Waals surface area contributed by atoms with Gasteiger partial charge in [-0.2, -0.15) is 5.26 Å². The summed E-state index contributed by atoms with van der Waals surface area (Å²) in [5, 5.41) is 8.63. The standard InChI is InChI=1S/C13H13FN2O2/c14-13(9-15)6-7-16(10-13)12(17)18-8-11-4-2-1-3-5-11/h1-5H,6-8,10H2.